The molecule has 0 aliphatic rings. The zero-order valence-corrected chi connectivity index (χ0v) is 18.1. The van der Waals surface area contributed by atoms with E-state index in [1.165, 1.54) is 12.3 Å². The highest BCUT2D eigenvalue weighted by molar-refractivity contribution is 6.08. The van der Waals surface area contributed by atoms with Gasteiger partial charge in [-0.05, 0) is 36.5 Å². The van der Waals surface area contributed by atoms with Gasteiger partial charge in [0.15, 0.2) is 5.69 Å². The van der Waals surface area contributed by atoms with Crippen LogP contribution < -0.4 is 20.6 Å². The summed E-state index contributed by atoms with van der Waals surface area (Å²) >= 11 is 0. The molecule has 9 heteroatoms. The number of nitrogens with zero attached hydrogens (tertiary/aromatic N) is 5. The molecule has 2 aromatic carbocycles. The molecule has 0 radical (unpaired) electrons. The number of nitrogens with two attached hydrogens (primary N) is 1. The third-order valence-corrected chi connectivity index (χ3v) is 4.78. The van der Waals surface area contributed by atoms with Crippen LogP contribution in [0.2, 0.25) is 0 Å². The Morgan fingerprint density at radius 1 is 1.06 bits per heavy atom. The topological polar surface area (TPSA) is 110 Å². The zero-order valence-electron chi connectivity index (χ0n) is 18.1. The molecule has 0 fully saturated rings. The molecule has 2 N–H and O–H groups in total. The van der Waals surface area contributed by atoms with Crippen molar-refractivity contribution < 1.29 is 9.47 Å². The molecule has 0 saturated carbocycles. The molecular formula is C24H22N6O3. The van der Waals surface area contributed by atoms with E-state index < -0.39 is 0 Å². The maximum atomic E-state index is 12.7. The highest BCUT2D eigenvalue weighted by Crippen LogP contribution is 2.27. The van der Waals surface area contributed by atoms with Gasteiger partial charge in [-0.2, -0.15) is 10.2 Å². The van der Waals surface area contributed by atoms with E-state index in [1.807, 2.05) is 48.5 Å². The van der Waals surface area contributed by atoms with Gasteiger partial charge in [-0.15, -0.1) is 0 Å². The number of allylic oxidation sites excluding steroid dienone is 1. The average molecular weight is 442 g/mol. The van der Waals surface area contributed by atoms with E-state index in [-0.39, 0.29) is 11.1 Å². The summed E-state index contributed by atoms with van der Waals surface area (Å²) in [4.78, 5) is 17.2. The molecule has 0 unspecified atom stereocenters. The monoisotopic (exact) mass is 442 g/mol. The highest BCUT2D eigenvalue weighted by atomic mass is 16.5. The first-order chi connectivity index (χ1) is 16.1. The summed E-state index contributed by atoms with van der Waals surface area (Å²) < 4.78 is 14.1. The Labute approximate surface area is 190 Å². The molecule has 0 atom stereocenters. The van der Waals surface area contributed by atoms with Crippen LogP contribution in [0.5, 0.6) is 11.6 Å². The number of methoxy groups -OCH3 is 2. The molecule has 0 aliphatic heterocycles. The second kappa shape index (κ2) is 9.65. The van der Waals surface area contributed by atoms with E-state index >= 15 is 0 Å². The van der Waals surface area contributed by atoms with Crippen molar-refractivity contribution in [2.75, 3.05) is 14.2 Å². The van der Waals surface area contributed by atoms with E-state index in [9.17, 15) is 4.79 Å². The number of benzene rings is 2. The van der Waals surface area contributed by atoms with Gasteiger partial charge in [0.1, 0.15) is 11.4 Å². The highest BCUT2D eigenvalue weighted by Gasteiger charge is 2.14. The van der Waals surface area contributed by atoms with Crippen LogP contribution in [0, 0.1) is 0 Å². The van der Waals surface area contributed by atoms with Gasteiger partial charge in [-0.25, -0.2) is 14.4 Å². The van der Waals surface area contributed by atoms with Crippen LogP contribution in [-0.4, -0.2) is 39.5 Å². The number of aromatic nitrogens is 4. The Kier molecular flexibility index (Phi) is 6.31. The van der Waals surface area contributed by atoms with Crippen LogP contribution in [0.25, 0.3) is 11.4 Å². The van der Waals surface area contributed by atoms with E-state index in [2.05, 4.69) is 15.2 Å². The second-order valence-electron chi connectivity index (χ2n) is 6.81. The molecule has 0 saturated heterocycles. The van der Waals surface area contributed by atoms with Crippen LogP contribution in [0.1, 0.15) is 5.69 Å². The summed E-state index contributed by atoms with van der Waals surface area (Å²) in [5.41, 5.74) is 7.89. The third-order valence-electron chi connectivity index (χ3n) is 4.78. The Morgan fingerprint density at radius 2 is 1.88 bits per heavy atom. The lowest BCUT2D eigenvalue weighted by Gasteiger charge is -2.14. The molecule has 2 aromatic heterocycles. The maximum Gasteiger partial charge on any atom is 0.216 e. The summed E-state index contributed by atoms with van der Waals surface area (Å²) in [6.45, 7) is 0. The zero-order chi connectivity index (χ0) is 23.2. The van der Waals surface area contributed by atoms with Crippen LogP contribution in [0.4, 0.5) is 5.69 Å². The van der Waals surface area contributed by atoms with E-state index in [4.69, 9.17) is 15.2 Å². The van der Waals surface area contributed by atoms with Crippen LogP contribution in [0.15, 0.2) is 95.1 Å². The number of rotatable bonds is 7. The average Bonchev–Trinajstić information content (AvgIpc) is 3.33. The SMILES string of the molecule is COc1cc(-n2nccc2OC)ccc1-n1ccc(=O)c(C(C=CN)=Nc2ccccc2)n1. The van der Waals surface area contributed by atoms with Gasteiger partial charge in [0.2, 0.25) is 11.3 Å². The lowest BCUT2D eigenvalue weighted by molar-refractivity contribution is 0.382. The third kappa shape index (κ3) is 4.52. The number of hydrogen-bond donors (Lipinski definition) is 1. The molecular weight excluding hydrogens is 420 g/mol. The minimum absolute atomic E-state index is 0.155. The van der Waals surface area contributed by atoms with Crippen molar-refractivity contribution in [3.63, 3.8) is 0 Å². The Morgan fingerprint density at radius 3 is 2.61 bits per heavy atom. The normalized spacial score (nSPS) is 11.6. The van der Waals surface area contributed by atoms with Crippen LogP contribution in [0.3, 0.4) is 0 Å². The Balaban J connectivity index is 1.80. The quantitative estimate of drug-likeness (QED) is 0.441. The summed E-state index contributed by atoms with van der Waals surface area (Å²) in [7, 11) is 3.14. The number of aliphatic imine (C=N–C) groups is 1. The summed E-state index contributed by atoms with van der Waals surface area (Å²) in [5.74, 6) is 1.12. The van der Waals surface area contributed by atoms with Crippen molar-refractivity contribution in [3.8, 4) is 23.0 Å². The minimum atomic E-state index is -0.282. The number of ether oxygens (including phenoxy) is 2. The standard InChI is InChI=1S/C24H22N6O3/c1-32-22-16-18(30-23(33-2)11-14-26-30)8-9-20(22)29-15-12-21(31)24(28-29)19(10-13-25)27-17-6-4-3-5-7-17/h3-16H,25H2,1-2H3. The van der Waals surface area contributed by atoms with E-state index in [1.54, 1.807) is 48.1 Å². The second-order valence-corrected chi connectivity index (χ2v) is 6.81. The van der Waals surface area contributed by atoms with Crippen LogP contribution in [-0.2, 0) is 0 Å². The van der Waals surface area contributed by atoms with Gasteiger partial charge in [0.05, 0.1) is 37.5 Å². The van der Waals surface area contributed by atoms with Gasteiger partial charge in [0.25, 0.3) is 0 Å². The van der Waals surface area contributed by atoms with Crippen molar-refractivity contribution >= 4 is 11.4 Å². The molecule has 0 spiro atoms. The van der Waals surface area contributed by atoms with Crippen molar-refractivity contribution in [2.45, 2.75) is 0 Å². The van der Waals surface area contributed by atoms with Gasteiger partial charge >= 0.3 is 0 Å². The molecule has 2 heterocycles. The predicted octanol–water partition coefficient (Wildman–Crippen LogP) is 3.03. The Bertz CT molecular complexity index is 1370. The largest absolute Gasteiger partial charge is 0.494 e. The van der Waals surface area contributed by atoms with Crippen molar-refractivity contribution in [1.29, 1.82) is 0 Å². The van der Waals surface area contributed by atoms with Crippen molar-refractivity contribution in [2.24, 2.45) is 10.7 Å². The molecule has 0 bridgehead atoms. The molecule has 0 amide bonds. The lowest BCUT2D eigenvalue weighted by Crippen LogP contribution is -2.20. The van der Waals surface area contributed by atoms with E-state index in [0.717, 1.165) is 5.69 Å². The van der Waals surface area contributed by atoms with Gasteiger partial charge < -0.3 is 15.2 Å². The first-order valence-corrected chi connectivity index (χ1v) is 10.0. The fourth-order valence-electron chi connectivity index (χ4n) is 3.25. The van der Waals surface area contributed by atoms with Crippen molar-refractivity contribution in [3.05, 3.63) is 101 Å². The first kappa shape index (κ1) is 21.6. The fraction of sp³-hybridized carbons (Fsp3) is 0.0833. The van der Waals surface area contributed by atoms with E-state index in [0.29, 0.717) is 28.7 Å². The lowest BCUT2D eigenvalue weighted by atomic mass is 10.2. The van der Waals surface area contributed by atoms with Gasteiger partial charge in [-0.1, -0.05) is 18.2 Å². The van der Waals surface area contributed by atoms with Gasteiger partial charge in [-0.3, -0.25) is 4.79 Å². The Hall–Kier alpha value is -4.66. The minimum Gasteiger partial charge on any atom is -0.494 e. The molecule has 0 aliphatic carbocycles. The molecule has 9 nitrogen and oxygen atoms in total. The summed E-state index contributed by atoms with van der Waals surface area (Å²) in [5, 5.41) is 8.81. The first-order valence-electron chi connectivity index (χ1n) is 10.0. The van der Waals surface area contributed by atoms with Crippen LogP contribution >= 0.6 is 0 Å². The number of hydrogen-bond acceptors (Lipinski definition) is 7. The molecule has 166 valence electrons. The summed E-state index contributed by atoms with van der Waals surface area (Å²) in [6.07, 6.45) is 6.09. The fourth-order valence-corrected chi connectivity index (χ4v) is 3.25. The van der Waals surface area contributed by atoms with Gasteiger partial charge in [0, 0.05) is 24.4 Å². The molecule has 4 rings (SSSR count). The molecule has 4 aromatic rings. The predicted molar refractivity (Wildman–Crippen MR) is 126 cm³/mol. The number of para-hydroxylation sites is 1. The van der Waals surface area contributed by atoms with Crippen molar-refractivity contribution in [1.82, 2.24) is 19.6 Å². The smallest absolute Gasteiger partial charge is 0.216 e. The maximum absolute atomic E-state index is 12.7. The summed E-state index contributed by atoms with van der Waals surface area (Å²) in [6, 6.07) is 17.9. The molecule has 33 heavy (non-hydrogen) atoms.